The third kappa shape index (κ3) is 5.32. The van der Waals surface area contributed by atoms with Gasteiger partial charge in [0.05, 0.1) is 7.11 Å². The van der Waals surface area contributed by atoms with Crippen LogP contribution in [-0.4, -0.2) is 30.6 Å². The molecule has 0 aliphatic heterocycles. The average Bonchev–Trinajstić information content (AvgIpc) is 2.77. The highest BCUT2D eigenvalue weighted by molar-refractivity contribution is 6.07. The summed E-state index contributed by atoms with van der Waals surface area (Å²) < 4.78 is 10.4. The Bertz CT molecular complexity index is 1020. The van der Waals surface area contributed by atoms with E-state index in [-0.39, 0.29) is 5.78 Å². The maximum atomic E-state index is 12.5. The van der Waals surface area contributed by atoms with E-state index in [9.17, 15) is 9.59 Å². The number of ketones is 1. The molecule has 0 spiro atoms. The summed E-state index contributed by atoms with van der Waals surface area (Å²) in [5, 5.41) is 8.71. The molecule has 5 nitrogen and oxygen atoms in total. The number of ether oxygens (including phenoxy) is 2. The van der Waals surface area contributed by atoms with Crippen LogP contribution in [0.15, 0.2) is 78.9 Å². The predicted octanol–water partition coefficient (Wildman–Crippen LogP) is 4.72. The second kappa shape index (κ2) is 9.37. The molecule has 0 atom stereocenters. The van der Waals surface area contributed by atoms with Gasteiger partial charge in [0.15, 0.2) is 23.9 Å². The van der Waals surface area contributed by atoms with Gasteiger partial charge in [-0.3, -0.25) is 4.79 Å². The summed E-state index contributed by atoms with van der Waals surface area (Å²) in [6.45, 7) is -0.455. The number of carbonyl (C=O) groups excluding carboxylic acids is 1. The van der Waals surface area contributed by atoms with Crippen LogP contribution in [0.2, 0.25) is 0 Å². The lowest BCUT2D eigenvalue weighted by atomic mass is 10.0. The first kappa shape index (κ1) is 19.9. The summed E-state index contributed by atoms with van der Waals surface area (Å²) in [6, 6.07) is 22.4. The van der Waals surface area contributed by atoms with Crippen molar-refractivity contribution in [2.24, 2.45) is 0 Å². The Kier molecular flexibility index (Phi) is 6.43. The third-order valence-corrected chi connectivity index (χ3v) is 4.24. The molecule has 1 N–H and O–H groups in total. The van der Waals surface area contributed by atoms with E-state index in [1.807, 2.05) is 42.5 Å². The van der Waals surface area contributed by atoms with Crippen molar-refractivity contribution in [3.8, 4) is 22.6 Å². The van der Waals surface area contributed by atoms with E-state index in [1.54, 1.807) is 36.4 Å². The van der Waals surface area contributed by atoms with Crippen LogP contribution in [0.1, 0.15) is 15.9 Å². The number of hydrogen-bond acceptors (Lipinski definition) is 4. The molecule has 0 amide bonds. The van der Waals surface area contributed by atoms with Crippen LogP contribution < -0.4 is 9.47 Å². The first-order valence-corrected chi connectivity index (χ1v) is 8.97. The molecule has 0 unspecified atom stereocenters. The summed E-state index contributed by atoms with van der Waals surface area (Å²) in [7, 11) is 1.47. The van der Waals surface area contributed by atoms with Gasteiger partial charge in [0.2, 0.25) is 0 Å². The van der Waals surface area contributed by atoms with Crippen molar-refractivity contribution in [2.45, 2.75) is 0 Å². The topological polar surface area (TPSA) is 72.8 Å². The number of methoxy groups -OCH3 is 1. The third-order valence-electron chi connectivity index (χ3n) is 4.24. The Morgan fingerprint density at radius 2 is 1.59 bits per heavy atom. The molecule has 0 saturated heterocycles. The molecule has 0 aromatic heterocycles. The molecule has 29 heavy (non-hydrogen) atoms. The highest BCUT2D eigenvalue weighted by atomic mass is 16.5. The highest BCUT2D eigenvalue weighted by Crippen LogP contribution is 2.28. The number of benzene rings is 3. The second-order valence-electron chi connectivity index (χ2n) is 6.23. The maximum absolute atomic E-state index is 12.5. The molecule has 0 aliphatic rings. The lowest BCUT2D eigenvalue weighted by molar-refractivity contribution is -0.139. The number of carboxylic acids is 1. The monoisotopic (exact) mass is 388 g/mol. The van der Waals surface area contributed by atoms with Gasteiger partial charge in [-0.05, 0) is 34.9 Å². The van der Waals surface area contributed by atoms with Crippen LogP contribution in [-0.2, 0) is 4.79 Å². The van der Waals surface area contributed by atoms with Gasteiger partial charge in [-0.1, -0.05) is 66.7 Å². The largest absolute Gasteiger partial charge is 0.493 e. The molecule has 0 heterocycles. The fourth-order valence-electron chi connectivity index (χ4n) is 2.77. The van der Waals surface area contributed by atoms with Crippen molar-refractivity contribution in [1.29, 1.82) is 0 Å². The van der Waals surface area contributed by atoms with Gasteiger partial charge in [-0.2, -0.15) is 0 Å². The lowest BCUT2D eigenvalue weighted by Crippen LogP contribution is -2.10. The van der Waals surface area contributed by atoms with E-state index in [1.165, 1.54) is 13.2 Å². The number of carboxylic acid groups (broad SMARTS) is 1. The van der Waals surface area contributed by atoms with Crippen LogP contribution in [0, 0.1) is 0 Å². The molecule has 0 aliphatic carbocycles. The fraction of sp³-hybridized carbons (Fsp3) is 0.0833. The Morgan fingerprint density at radius 3 is 2.24 bits per heavy atom. The van der Waals surface area contributed by atoms with Crippen molar-refractivity contribution in [2.75, 3.05) is 13.7 Å². The molecule has 0 bridgehead atoms. The van der Waals surface area contributed by atoms with Crippen molar-refractivity contribution < 1.29 is 24.2 Å². The van der Waals surface area contributed by atoms with Gasteiger partial charge < -0.3 is 14.6 Å². The molecule has 146 valence electrons. The van der Waals surface area contributed by atoms with Gasteiger partial charge in [0, 0.05) is 5.56 Å². The number of allylic oxidation sites excluding steroid dienone is 1. The Balaban J connectivity index is 1.70. The number of aliphatic carboxylic acids is 1. The molecule has 3 aromatic rings. The Labute approximate surface area is 168 Å². The number of hydrogen-bond donors (Lipinski definition) is 1. The standard InChI is InChI=1S/C24H20O5/c1-28-23-15-17(8-14-22(23)29-16-24(26)27)7-13-21(25)20-11-9-19(10-12-20)18-5-3-2-4-6-18/h2-15H,16H2,1H3,(H,26,27)/b13-7+. The second-order valence-corrected chi connectivity index (χ2v) is 6.23. The summed E-state index contributed by atoms with van der Waals surface area (Å²) in [5.74, 6) is -0.461. The van der Waals surface area contributed by atoms with Crippen LogP contribution in [0.25, 0.3) is 17.2 Å². The SMILES string of the molecule is COc1cc(/C=C/C(=O)c2ccc(-c3ccccc3)cc2)ccc1OCC(=O)O. The highest BCUT2D eigenvalue weighted by Gasteiger charge is 2.08. The molecule has 5 heteroatoms. The van der Waals surface area contributed by atoms with E-state index in [2.05, 4.69) is 0 Å². The summed E-state index contributed by atoms with van der Waals surface area (Å²) >= 11 is 0. The zero-order chi connectivity index (χ0) is 20.6. The van der Waals surface area contributed by atoms with Gasteiger partial charge in [0.1, 0.15) is 0 Å². The minimum absolute atomic E-state index is 0.116. The zero-order valence-corrected chi connectivity index (χ0v) is 15.9. The van der Waals surface area contributed by atoms with Crippen molar-refractivity contribution >= 4 is 17.8 Å². The molecular formula is C24H20O5. The van der Waals surface area contributed by atoms with E-state index >= 15 is 0 Å². The van der Waals surface area contributed by atoms with Crippen LogP contribution >= 0.6 is 0 Å². The minimum atomic E-state index is -1.07. The van der Waals surface area contributed by atoms with Gasteiger partial charge in [-0.25, -0.2) is 4.79 Å². The lowest BCUT2D eigenvalue weighted by Gasteiger charge is -2.09. The van der Waals surface area contributed by atoms with Gasteiger partial charge >= 0.3 is 5.97 Å². The molecule has 0 saturated carbocycles. The van der Waals surface area contributed by atoms with Crippen molar-refractivity contribution in [3.05, 3.63) is 90.0 Å². The fourth-order valence-corrected chi connectivity index (χ4v) is 2.77. The Hall–Kier alpha value is -3.86. The normalized spacial score (nSPS) is 10.7. The van der Waals surface area contributed by atoms with Crippen molar-refractivity contribution in [3.63, 3.8) is 0 Å². The molecule has 0 radical (unpaired) electrons. The zero-order valence-electron chi connectivity index (χ0n) is 15.9. The number of rotatable bonds is 8. The van der Waals surface area contributed by atoms with Crippen molar-refractivity contribution in [1.82, 2.24) is 0 Å². The van der Waals surface area contributed by atoms with E-state index in [0.717, 1.165) is 16.7 Å². The summed E-state index contributed by atoms with van der Waals surface area (Å²) in [5.41, 5.74) is 3.47. The minimum Gasteiger partial charge on any atom is -0.493 e. The quantitative estimate of drug-likeness (QED) is 0.446. The van der Waals surface area contributed by atoms with Crippen LogP contribution in [0.3, 0.4) is 0 Å². The van der Waals surface area contributed by atoms with Crippen LogP contribution in [0.4, 0.5) is 0 Å². The summed E-state index contributed by atoms with van der Waals surface area (Å²) in [6.07, 6.45) is 3.17. The molecule has 0 fully saturated rings. The predicted molar refractivity (Wildman–Crippen MR) is 111 cm³/mol. The molecular weight excluding hydrogens is 368 g/mol. The molecule has 3 aromatic carbocycles. The molecule has 3 rings (SSSR count). The van der Waals surface area contributed by atoms with Gasteiger partial charge in [0.25, 0.3) is 0 Å². The van der Waals surface area contributed by atoms with E-state index in [0.29, 0.717) is 17.1 Å². The van der Waals surface area contributed by atoms with E-state index in [4.69, 9.17) is 14.6 Å². The first-order valence-electron chi connectivity index (χ1n) is 8.97. The van der Waals surface area contributed by atoms with Gasteiger partial charge in [-0.15, -0.1) is 0 Å². The van der Waals surface area contributed by atoms with E-state index < -0.39 is 12.6 Å². The first-order chi connectivity index (χ1) is 14.1. The van der Waals surface area contributed by atoms with Crippen LogP contribution in [0.5, 0.6) is 11.5 Å². The summed E-state index contributed by atoms with van der Waals surface area (Å²) in [4.78, 5) is 23.1. The maximum Gasteiger partial charge on any atom is 0.341 e. The smallest absolute Gasteiger partial charge is 0.341 e. The Morgan fingerprint density at radius 1 is 0.897 bits per heavy atom. The number of carbonyl (C=O) groups is 2. The average molecular weight is 388 g/mol.